The number of aromatic nitrogens is 1. The predicted molar refractivity (Wildman–Crippen MR) is 142 cm³/mol. The fourth-order valence-corrected chi connectivity index (χ4v) is 5.84. The number of ether oxygens (including phenoxy) is 1. The summed E-state index contributed by atoms with van der Waals surface area (Å²) in [6.07, 6.45) is 1.09. The number of carbonyl (C=O) groups is 4. The number of thioether (sulfide) groups is 1. The lowest BCUT2D eigenvalue weighted by molar-refractivity contribution is -0.384. The highest BCUT2D eigenvalue weighted by molar-refractivity contribution is 8.00. The second kappa shape index (κ2) is 12.4. The molecule has 0 saturated carbocycles. The van der Waals surface area contributed by atoms with Crippen LogP contribution in [0.25, 0.3) is 0 Å². The van der Waals surface area contributed by atoms with E-state index in [-0.39, 0.29) is 47.7 Å². The number of anilines is 1. The van der Waals surface area contributed by atoms with E-state index in [0.717, 1.165) is 23.1 Å². The summed E-state index contributed by atoms with van der Waals surface area (Å²) < 4.78 is 5.21. The van der Waals surface area contributed by atoms with Crippen LogP contribution in [0.2, 0.25) is 0 Å². The van der Waals surface area contributed by atoms with Gasteiger partial charge in [-0.3, -0.25) is 24.5 Å². The molecule has 3 amide bonds. The van der Waals surface area contributed by atoms with Crippen LogP contribution in [0.3, 0.4) is 0 Å². The van der Waals surface area contributed by atoms with E-state index in [1.807, 2.05) is 6.92 Å². The number of nitro groups is 1. The number of amides is 3. The number of thiazole rings is 1. The van der Waals surface area contributed by atoms with Crippen molar-refractivity contribution in [3.05, 3.63) is 51.0 Å². The quantitative estimate of drug-likeness (QED) is 0.0593. The fraction of sp³-hybridized carbons (Fsp3) is 0.391. The molecule has 2 aliphatic heterocycles. The molecule has 2 aromatic rings. The maximum atomic E-state index is 13.1. The number of benzene rings is 1. The summed E-state index contributed by atoms with van der Waals surface area (Å²) in [7, 11) is 0. The van der Waals surface area contributed by atoms with E-state index in [9.17, 15) is 34.4 Å². The van der Waals surface area contributed by atoms with Crippen molar-refractivity contribution in [3.8, 4) is 0 Å². The average Bonchev–Trinajstić information content (AvgIpc) is 3.41. The molecule has 0 aliphatic carbocycles. The first-order valence-electron chi connectivity index (χ1n) is 11.9. The highest BCUT2D eigenvalue weighted by Gasteiger charge is 2.57. The molecule has 40 heavy (non-hydrogen) atoms. The summed E-state index contributed by atoms with van der Waals surface area (Å²) in [5.74, 6) is -2.27. The monoisotopic (exact) mass is 592 g/mol. The van der Waals surface area contributed by atoms with Gasteiger partial charge >= 0.3 is 5.97 Å². The molecule has 0 bridgehead atoms. The molecule has 4 rings (SSSR count). The molecular formula is C23H24N6O9S2. The molecule has 2 unspecified atom stereocenters. The second-order valence-electron chi connectivity index (χ2n) is 8.72. The summed E-state index contributed by atoms with van der Waals surface area (Å²) in [4.78, 5) is 70.1. The number of oxime groups is 1. The van der Waals surface area contributed by atoms with Crippen LogP contribution >= 0.6 is 23.1 Å². The Morgan fingerprint density at radius 1 is 1.38 bits per heavy atom. The van der Waals surface area contributed by atoms with Gasteiger partial charge in [0, 0.05) is 23.3 Å². The van der Waals surface area contributed by atoms with Crippen molar-refractivity contribution in [2.45, 2.75) is 37.0 Å². The van der Waals surface area contributed by atoms with E-state index in [1.54, 1.807) is 0 Å². The van der Waals surface area contributed by atoms with Gasteiger partial charge in [0.1, 0.15) is 30.3 Å². The van der Waals surface area contributed by atoms with Crippen molar-refractivity contribution in [1.82, 2.24) is 15.2 Å². The summed E-state index contributed by atoms with van der Waals surface area (Å²) in [6.45, 7) is 1.55. The molecule has 2 saturated heterocycles. The number of fused-ring (bicyclic) bond motifs is 1. The average molecular weight is 593 g/mol. The highest BCUT2D eigenvalue weighted by Crippen LogP contribution is 2.39. The summed E-state index contributed by atoms with van der Waals surface area (Å²) in [5.41, 5.74) is -1.63. The van der Waals surface area contributed by atoms with E-state index < -0.39 is 39.7 Å². The predicted octanol–water partition coefficient (Wildman–Crippen LogP) is 0.625. The van der Waals surface area contributed by atoms with Crippen LogP contribution in [-0.2, 0) is 35.4 Å². The number of nitro benzene ring substituents is 1. The van der Waals surface area contributed by atoms with Crippen molar-refractivity contribution in [1.29, 1.82) is 0 Å². The smallest absolute Gasteiger partial charge is 0.341 e. The Bertz CT molecular complexity index is 1330. The van der Waals surface area contributed by atoms with Crippen molar-refractivity contribution in [2.24, 2.45) is 5.16 Å². The van der Waals surface area contributed by atoms with Crippen LogP contribution in [0, 0.1) is 10.1 Å². The first-order chi connectivity index (χ1) is 19.2. The number of rotatable bonds is 12. The molecule has 3 atom stereocenters. The van der Waals surface area contributed by atoms with Crippen LogP contribution in [0.5, 0.6) is 0 Å². The Morgan fingerprint density at radius 2 is 2.12 bits per heavy atom. The zero-order valence-corrected chi connectivity index (χ0v) is 22.6. The Kier molecular flexibility index (Phi) is 8.96. The lowest BCUT2D eigenvalue weighted by Gasteiger charge is -2.52. The first-order valence-corrected chi connectivity index (χ1v) is 13.8. The number of nitrogens with zero attached hydrogens (tertiary/aromatic N) is 4. The summed E-state index contributed by atoms with van der Waals surface area (Å²) >= 11 is 2.18. The molecule has 3 heterocycles. The van der Waals surface area contributed by atoms with Crippen molar-refractivity contribution >= 4 is 63.8 Å². The standard InChI is InChI=1S/C23H24N6O9S2/c1-2-7-38-27-16(15-9-39-22(25-15)24-12-30)18(31)26-17-19(32)28-10-23(34,11-40-20(17)28)21(33)37-8-13-3-5-14(6-4-13)29(35)36/h3-6,9,12,17,20,34H,2,7-8,10-11H2,1H3,(H,26,31)(H,24,25,30)/t17?,20-,23?/m1/s1. The highest BCUT2D eigenvalue weighted by atomic mass is 32.2. The van der Waals surface area contributed by atoms with Crippen molar-refractivity contribution < 1.29 is 38.8 Å². The van der Waals surface area contributed by atoms with E-state index >= 15 is 0 Å². The van der Waals surface area contributed by atoms with E-state index in [0.29, 0.717) is 18.4 Å². The molecule has 2 fully saturated rings. The van der Waals surface area contributed by atoms with Crippen LogP contribution in [0.15, 0.2) is 34.8 Å². The normalized spacial score (nSPS) is 22.0. The molecule has 2 aliphatic rings. The minimum atomic E-state index is -1.98. The summed E-state index contributed by atoms with van der Waals surface area (Å²) in [5, 5.41) is 31.8. The third kappa shape index (κ3) is 6.21. The van der Waals surface area contributed by atoms with E-state index in [2.05, 4.69) is 20.8 Å². The van der Waals surface area contributed by atoms with Gasteiger partial charge in [-0.25, -0.2) is 9.78 Å². The fourth-order valence-electron chi connectivity index (χ4n) is 3.80. The number of hydrogen-bond donors (Lipinski definition) is 3. The van der Waals surface area contributed by atoms with Gasteiger partial charge in [-0.1, -0.05) is 12.1 Å². The van der Waals surface area contributed by atoms with E-state index in [1.165, 1.54) is 34.5 Å². The number of non-ortho nitro benzene ring substituents is 1. The zero-order valence-electron chi connectivity index (χ0n) is 21.0. The third-order valence-corrected chi connectivity index (χ3v) is 8.13. The Labute approximate surface area is 235 Å². The number of aliphatic hydroxyl groups is 1. The molecule has 17 heteroatoms. The van der Waals surface area contributed by atoms with Gasteiger partial charge in [-0.05, 0) is 24.1 Å². The maximum Gasteiger partial charge on any atom is 0.341 e. The molecule has 15 nitrogen and oxygen atoms in total. The molecule has 212 valence electrons. The number of β-lactam (4-membered cyclic amide) rings is 1. The van der Waals surface area contributed by atoms with Crippen LogP contribution in [0.4, 0.5) is 10.8 Å². The minimum Gasteiger partial charge on any atom is -0.459 e. The number of carbonyl (C=O) groups excluding carboxylic acids is 4. The molecule has 3 N–H and O–H groups in total. The third-order valence-electron chi connectivity index (χ3n) is 5.85. The number of esters is 1. The first kappa shape index (κ1) is 28.9. The lowest BCUT2D eigenvalue weighted by Crippen LogP contribution is -2.75. The molecule has 1 aromatic carbocycles. The van der Waals surface area contributed by atoms with Crippen LogP contribution < -0.4 is 10.6 Å². The second-order valence-corrected chi connectivity index (χ2v) is 10.7. The zero-order chi connectivity index (χ0) is 28.9. The Hall–Kier alpha value is -4.09. The van der Waals surface area contributed by atoms with E-state index in [4.69, 9.17) is 9.57 Å². The van der Waals surface area contributed by atoms with Crippen LogP contribution in [-0.4, -0.2) is 85.7 Å². The Balaban J connectivity index is 1.36. The SMILES string of the molecule is CCCON=C(C(=O)NC1C(=O)N2CC(O)(C(=O)OCc3ccc([N+](=O)[O-])cc3)CS[C@H]12)c1csc(NC=O)n1. The summed E-state index contributed by atoms with van der Waals surface area (Å²) in [6, 6.07) is 4.47. The van der Waals surface area contributed by atoms with Crippen molar-refractivity contribution in [2.75, 3.05) is 24.2 Å². The molecule has 0 radical (unpaired) electrons. The lowest BCUT2D eigenvalue weighted by atomic mass is 9.99. The molecule has 0 spiro atoms. The van der Waals surface area contributed by atoms with Gasteiger partial charge in [0.2, 0.25) is 12.3 Å². The molecule has 1 aromatic heterocycles. The van der Waals surface area contributed by atoms with Gasteiger partial charge in [0.25, 0.3) is 11.6 Å². The van der Waals surface area contributed by atoms with Gasteiger partial charge in [-0.2, -0.15) is 0 Å². The van der Waals surface area contributed by atoms with Gasteiger partial charge < -0.3 is 30.2 Å². The van der Waals surface area contributed by atoms with Crippen molar-refractivity contribution in [3.63, 3.8) is 0 Å². The van der Waals surface area contributed by atoms with Gasteiger partial charge in [0.15, 0.2) is 16.4 Å². The molecular weight excluding hydrogens is 568 g/mol. The van der Waals surface area contributed by atoms with Crippen LogP contribution in [0.1, 0.15) is 24.6 Å². The largest absolute Gasteiger partial charge is 0.459 e. The topological polar surface area (TPSA) is 203 Å². The van der Waals surface area contributed by atoms with Gasteiger partial charge in [-0.15, -0.1) is 23.1 Å². The number of nitrogens with one attached hydrogen (secondary N) is 2. The maximum absolute atomic E-state index is 13.1. The minimum absolute atomic E-state index is 0.0969. The Morgan fingerprint density at radius 3 is 2.80 bits per heavy atom. The number of hydrogen-bond acceptors (Lipinski definition) is 13. The van der Waals surface area contributed by atoms with Gasteiger partial charge in [0.05, 0.1) is 11.5 Å².